The summed E-state index contributed by atoms with van der Waals surface area (Å²) in [4.78, 5) is 24.2. The van der Waals surface area contributed by atoms with E-state index in [9.17, 15) is 14.7 Å². The van der Waals surface area contributed by atoms with Crippen molar-refractivity contribution in [3.8, 4) is 11.5 Å². The third-order valence-corrected chi connectivity index (χ3v) is 4.72. The van der Waals surface area contributed by atoms with E-state index < -0.39 is 18.0 Å². The third kappa shape index (κ3) is 5.46. The van der Waals surface area contributed by atoms with Gasteiger partial charge in [0.2, 0.25) is 0 Å². The topological polar surface area (TPSA) is 72.8 Å². The summed E-state index contributed by atoms with van der Waals surface area (Å²) >= 11 is 0. The zero-order valence-corrected chi connectivity index (χ0v) is 15.7. The predicted octanol–water partition coefficient (Wildman–Crippen LogP) is 5.02. The molecule has 0 amide bonds. The number of benzene rings is 2. The van der Waals surface area contributed by atoms with Crippen molar-refractivity contribution < 1.29 is 24.2 Å². The molecular weight excluding hydrogens is 356 g/mol. The average Bonchev–Trinajstić information content (AvgIpc) is 2.72. The molecule has 28 heavy (non-hydrogen) atoms. The molecule has 0 spiro atoms. The number of hydrogen-bond donors (Lipinski definition) is 1. The first-order valence-corrected chi connectivity index (χ1v) is 9.57. The number of rotatable bonds is 8. The Labute approximate surface area is 164 Å². The lowest BCUT2D eigenvalue weighted by Gasteiger charge is -2.19. The van der Waals surface area contributed by atoms with E-state index in [4.69, 9.17) is 9.47 Å². The van der Waals surface area contributed by atoms with E-state index in [2.05, 4.69) is 6.08 Å². The van der Waals surface area contributed by atoms with Crippen LogP contribution in [0.25, 0.3) is 0 Å². The van der Waals surface area contributed by atoms with Crippen molar-refractivity contribution in [2.75, 3.05) is 0 Å². The Morgan fingerprint density at radius 3 is 2.46 bits per heavy atom. The van der Waals surface area contributed by atoms with Gasteiger partial charge in [0.05, 0.1) is 0 Å². The van der Waals surface area contributed by atoms with Gasteiger partial charge in [0.25, 0.3) is 0 Å². The van der Waals surface area contributed by atoms with Crippen LogP contribution >= 0.6 is 0 Å². The van der Waals surface area contributed by atoms with Crippen LogP contribution in [0.15, 0.2) is 66.2 Å². The summed E-state index contributed by atoms with van der Waals surface area (Å²) in [5.41, 5.74) is 1.49. The molecule has 5 heteroatoms. The van der Waals surface area contributed by atoms with Crippen molar-refractivity contribution in [1.82, 2.24) is 0 Å². The van der Waals surface area contributed by atoms with Gasteiger partial charge in [0.15, 0.2) is 6.10 Å². The normalized spacial score (nSPS) is 14.6. The van der Waals surface area contributed by atoms with Crippen molar-refractivity contribution in [2.45, 2.75) is 44.6 Å². The lowest BCUT2D eigenvalue weighted by Crippen LogP contribution is -2.28. The fourth-order valence-electron chi connectivity index (χ4n) is 3.22. The Balaban J connectivity index is 1.70. The first kappa shape index (κ1) is 19.7. The number of carbonyl (C=O) groups excluding carboxylic acids is 1. The summed E-state index contributed by atoms with van der Waals surface area (Å²) in [6.45, 7) is 0. The fraction of sp³-hybridized carbons (Fsp3) is 0.304. The molecule has 0 bridgehead atoms. The van der Waals surface area contributed by atoms with E-state index in [0.717, 1.165) is 19.3 Å². The maximum Gasteiger partial charge on any atom is 0.347 e. The van der Waals surface area contributed by atoms with Gasteiger partial charge < -0.3 is 14.6 Å². The van der Waals surface area contributed by atoms with E-state index >= 15 is 0 Å². The molecule has 1 N–H and O–H groups in total. The Kier molecular flexibility index (Phi) is 6.84. The van der Waals surface area contributed by atoms with Gasteiger partial charge in [0, 0.05) is 0 Å². The standard InChI is InChI=1S/C23H24O5/c24-22(25)21(16-15-17-9-3-1-4-10-17)28-20-14-8-7-13-19(20)23(26)27-18-11-5-2-6-12-18/h2,5-9,11-14,21H,1,3-4,10,15-16H2,(H,24,25). The number of para-hydroxylation sites is 2. The molecule has 0 saturated carbocycles. The van der Waals surface area contributed by atoms with Crippen LogP contribution in [-0.2, 0) is 4.79 Å². The largest absolute Gasteiger partial charge is 0.479 e. The minimum Gasteiger partial charge on any atom is -0.479 e. The molecule has 5 nitrogen and oxygen atoms in total. The van der Waals surface area contributed by atoms with Crippen LogP contribution in [0, 0.1) is 0 Å². The molecule has 0 aromatic heterocycles. The highest BCUT2D eigenvalue weighted by molar-refractivity contribution is 5.94. The van der Waals surface area contributed by atoms with Gasteiger partial charge in [-0.15, -0.1) is 0 Å². The quantitative estimate of drug-likeness (QED) is 0.395. The van der Waals surface area contributed by atoms with Gasteiger partial charge in [-0.05, 0) is 62.8 Å². The van der Waals surface area contributed by atoms with Crippen LogP contribution in [0.5, 0.6) is 11.5 Å². The van der Waals surface area contributed by atoms with Crippen molar-refractivity contribution >= 4 is 11.9 Å². The van der Waals surface area contributed by atoms with Crippen molar-refractivity contribution in [1.29, 1.82) is 0 Å². The van der Waals surface area contributed by atoms with Crippen LogP contribution in [0.2, 0.25) is 0 Å². The number of carboxylic acids is 1. The van der Waals surface area contributed by atoms with Gasteiger partial charge in [-0.25, -0.2) is 9.59 Å². The molecular formula is C23H24O5. The summed E-state index contributed by atoms with van der Waals surface area (Å²) in [7, 11) is 0. The van der Waals surface area contributed by atoms with E-state index in [1.54, 1.807) is 48.5 Å². The SMILES string of the molecule is O=C(Oc1ccccc1)c1ccccc1OC(CCC1=CCCCC1)C(=O)O. The first-order chi connectivity index (χ1) is 13.6. The Morgan fingerprint density at radius 1 is 1.00 bits per heavy atom. The number of carboxylic acid groups (broad SMARTS) is 1. The minimum absolute atomic E-state index is 0.203. The van der Waals surface area contributed by atoms with Crippen LogP contribution in [0.3, 0.4) is 0 Å². The number of carbonyl (C=O) groups is 2. The zero-order chi connectivity index (χ0) is 19.8. The number of hydrogen-bond acceptors (Lipinski definition) is 4. The molecule has 3 rings (SSSR count). The highest BCUT2D eigenvalue weighted by Gasteiger charge is 2.23. The van der Waals surface area contributed by atoms with E-state index in [-0.39, 0.29) is 11.3 Å². The van der Waals surface area contributed by atoms with Crippen LogP contribution in [0.4, 0.5) is 0 Å². The second-order valence-electron chi connectivity index (χ2n) is 6.79. The number of allylic oxidation sites excluding steroid dienone is 2. The molecule has 0 fully saturated rings. The monoisotopic (exact) mass is 380 g/mol. The van der Waals surface area contributed by atoms with Gasteiger partial charge in [-0.2, -0.15) is 0 Å². The molecule has 0 radical (unpaired) electrons. The van der Waals surface area contributed by atoms with Crippen LogP contribution in [0.1, 0.15) is 48.9 Å². The molecule has 1 aliphatic carbocycles. The van der Waals surface area contributed by atoms with Crippen molar-refractivity contribution in [3.63, 3.8) is 0 Å². The Bertz CT molecular complexity index is 841. The predicted molar refractivity (Wildman–Crippen MR) is 106 cm³/mol. The molecule has 1 atom stereocenters. The zero-order valence-electron chi connectivity index (χ0n) is 15.7. The summed E-state index contributed by atoms with van der Waals surface area (Å²) < 4.78 is 11.1. The molecule has 0 aliphatic heterocycles. The summed E-state index contributed by atoms with van der Waals surface area (Å²) in [5, 5.41) is 9.57. The third-order valence-electron chi connectivity index (χ3n) is 4.72. The fourth-order valence-corrected chi connectivity index (χ4v) is 3.22. The molecule has 0 saturated heterocycles. The second-order valence-corrected chi connectivity index (χ2v) is 6.79. The second kappa shape index (κ2) is 9.74. The average molecular weight is 380 g/mol. The van der Waals surface area contributed by atoms with Crippen molar-refractivity contribution in [3.05, 3.63) is 71.8 Å². The highest BCUT2D eigenvalue weighted by atomic mass is 16.5. The maximum atomic E-state index is 12.5. The number of esters is 1. The van der Waals surface area contributed by atoms with Gasteiger partial charge in [0.1, 0.15) is 17.1 Å². The summed E-state index contributed by atoms with van der Waals surface area (Å²) in [6, 6.07) is 15.3. The molecule has 146 valence electrons. The highest BCUT2D eigenvalue weighted by Crippen LogP contribution is 2.26. The Hall–Kier alpha value is -3.08. The lowest BCUT2D eigenvalue weighted by molar-refractivity contribution is -0.145. The maximum absolute atomic E-state index is 12.5. The first-order valence-electron chi connectivity index (χ1n) is 9.57. The van der Waals surface area contributed by atoms with Gasteiger partial charge in [-0.3, -0.25) is 0 Å². The molecule has 0 heterocycles. The number of ether oxygens (including phenoxy) is 2. The smallest absolute Gasteiger partial charge is 0.347 e. The molecule has 1 unspecified atom stereocenters. The van der Waals surface area contributed by atoms with E-state index in [1.165, 1.54) is 12.0 Å². The molecule has 1 aliphatic rings. The van der Waals surface area contributed by atoms with Crippen LogP contribution in [-0.4, -0.2) is 23.1 Å². The Morgan fingerprint density at radius 2 is 1.75 bits per heavy atom. The van der Waals surface area contributed by atoms with Gasteiger partial charge in [-0.1, -0.05) is 42.0 Å². The molecule has 2 aromatic rings. The molecule has 2 aromatic carbocycles. The van der Waals surface area contributed by atoms with Crippen molar-refractivity contribution in [2.24, 2.45) is 0 Å². The van der Waals surface area contributed by atoms with E-state index in [1.807, 2.05) is 6.07 Å². The lowest BCUT2D eigenvalue weighted by atomic mass is 9.95. The number of aliphatic carboxylic acids is 1. The minimum atomic E-state index is -1.04. The van der Waals surface area contributed by atoms with E-state index in [0.29, 0.717) is 18.6 Å². The van der Waals surface area contributed by atoms with Gasteiger partial charge >= 0.3 is 11.9 Å². The van der Waals surface area contributed by atoms with Crippen LogP contribution < -0.4 is 9.47 Å². The summed E-state index contributed by atoms with van der Waals surface area (Å²) in [5.74, 6) is -0.988. The summed E-state index contributed by atoms with van der Waals surface area (Å²) in [6.07, 6.45) is 6.66.